The highest BCUT2D eigenvalue weighted by atomic mass is 15.1. The van der Waals surface area contributed by atoms with Crippen molar-refractivity contribution < 1.29 is 0 Å². The van der Waals surface area contributed by atoms with Crippen LogP contribution in [0.4, 0.5) is 0 Å². The Bertz CT molecular complexity index is 437. The number of rotatable bonds is 4. The lowest BCUT2D eigenvalue weighted by atomic mass is 10.2. The number of aromatic amines is 1. The normalized spacial score (nSPS) is 12.6. The van der Waals surface area contributed by atoms with Crippen LogP contribution >= 0.6 is 0 Å². The van der Waals surface area contributed by atoms with Crippen LogP contribution in [-0.2, 0) is 6.54 Å². The smallest absolute Gasteiger partial charge is 0.125 e. The Morgan fingerprint density at radius 2 is 2.38 bits per heavy atom. The van der Waals surface area contributed by atoms with Crippen molar-refractivity contribution in [2.24, 2.45) is 0 Å². The average Bonchev–Trinajstić information content (AvgIpc) is 2.79. The van der Waals surface area contributed by atoms with Crippen LogP contribution in [0.1, 0.15) is 30.0 Å². The zero-order valence-electron chi connectivity index (χ0n) is 9.44. The summed E-state index contributed by atoms with van der Waals surface area (Å²) < 4.78 is 0. The highest BCUT2D eigenvalue weighted by Crippen LogP contribution is 2.09. The maximum atomic E-state index is 4.33. The van der Waals surface area contributed by atoms with Gasteiger partial charge in [0.15, 0.2) is 0 Å². The molecule has 2 aromatic heterocycles. The molecule has 0 spiro atoms. The van der Waals surface area contributed by atoms with Crippen LogP contribution in [0.2, 0.25) is 0 Å². The van der Waals surface area contributed by atoms with Crippen molar-refractivity contribution >= 4 is 0 Å². The van der Waals surface area contributed by atoms with Gasteiger partial charge in [0.25, 0.3) is 0 Å². The standard InChI is InChI=1S/C11H15N5/c1-8(10-5-14-15-6-10)13-7-11-3-4-12-9(2)16-11/h3-6,8,13H,7H2,1-2H3,(H,14,15). The van der Waals surface area contributed by atoms with Crippen LogP contribution in [-0.4, -0.2) is 20.2 Å². The fraction of sp³-hybridized carbons (Fsp3) is 0.364. The summed E-state index contributed by atoms with van der Waals surface area (Å²) in [6.07, 6.45) is 5.49. The molecule has 0 bridgehead atoms. The molecule has 0 aliphatic carbocycles. The summed E-state index contributed by atoms with van der Waals surface area (Å²) in [6, 6.07) is 2.18. The van der Waals surface area contributed by atoms with Gasteiger partial charge < -0.3 is 5.32 Å². The van der Waals surface area contributed by atoms with E-state index in [9.17, 15) is 0 Å². The Labute approximate surface area is 94.3 Å². The van der Waals surface area contributed by atoms with E-state index in [4.69, 9.17) is 0 Å². The maximum Gasteiger partial charge on any atom is 0.125 e. The fourth-order valence-corrected chi connectivity index (χ4v) is 1.48. The second-order valence-electron chi connectivity index (χ2n) is 3.73. The number of nitrogens with one attached hydrogen (secondary N) is 2. The van der Waals surface area contributed by atoms with Crippen molar-refractivity contribution in [3.05, 3.63) is 41.7 Å². The number of hydrogen-bond acceptors (Lipinski definition) is 4. The topological polar surface area (TPSA) is 66.5 Å². The molecule has 2 N–H and O–H groups in total. The van der Waals surface area contributed by atoms with E-state index >= 15 is 0 Å². The highest BCUT2D eigenvalue weighted by Gasteiger charge is 2.05. The minimum absolute atomic E-state index is 0.258. The second kappa shape index (κ2) is 4.85. The third-order valence-electron chi connectivity index (χ3n) is 2.44. The first-order chi connectivity index (χ1) is 7.75. The Morgan fingerprint density at radius 1 is 1.50 bits per heavy atom. The van der Waals surface area contributed by atoms with Crippen molar-refractivity contribution in [1.82, 2.24) is 25.5 Å². The van der Waals surface area contributed by atoms with E-state index in [1.165, 1.54) is 0 Å². The summed E-state index contributed by atoms with van der Waals surface area (Å²) in [5.41, 5.74) is 2.15. The number of nitrogens with zero attached hydrogens (tertiary/aromatic N) is 3. The van der Waals surface area contributed by atoms with E-state index in [1.54, 1.807) is 6.20 Å². The molecule has 2 rings (SSSR count). The molecule has 5 heteroatoms. The number of aryl methyl sites for hydroxylation is 1. The summed E-state index contributed by atoms with van der Waals surface area (Å²) >= 11 is 0. The van der Waals surface area contributed by atoms with E-state index in [2.05, 4.69) is 32.4 Å². The summed E-state index contributed by atoms with van der Waals surface area (Å²) in [6.45, 7) is 4.72. The van der Waals surface area contributed by atoms with Crippen molar-refractivity contribution in [2.75, 3.05) is 0 Å². The van der Waals surface area contributed by atoms with Gasteiger partial charge in [0, 0.05) is 30.5 Å². The first-order valence-corrected chi connectivity index (χ1v) is 5.26. The van der Waals surface area contributed by atoms with Gasteiger partial charge in [0.05, 0.1) is 11.9 Å². The predicted octanol–water partition coefficient (Wildman–Crippen LogP) is 1.36. The van der Waals surface area contributed by atoms with Crippen LogP contribution in [0.3, 0.4) is 0 Å². The van der Waals surface area contributed by atoms with E-state index < -0.39 is 0 Å². The van der Waals surface area contributed by atoms with E-state index in [-0.39, 0.29) is 6.04 Å². The van der Waals surface area contributed by atoms with Gasteiger partial charge in [-0.15, -0.1) is 0 Å². The summed E-state index contributed by atoms with van der Waals surface area (Å²) in [7, 11) is 0. The van der Waals surface area contributed by atoms with Crippen LogP contribution in [0.25, 0.3) is 0 Å². The average molecular weight is 217 g/mol. The molecule has 2 aromatic rings. The van der Waals surface area contributed by atoms with Crippen molar-refractivity contribution in [3.8, 4) is 0 Å². The molecule has 0 aliphatic rings. The first-order valence-electron chi connectivity index (χ1n) is 5.26. The SMILES string of the molecule is Cc1nccc(CNC(C)c2cn[nH]c2)n1. The van der Waals surface area contributed by atoms with Crippen LogP contribution in [0, 0.1) is 6.92 Å². The minimum atomic E-state index is 0.258. The Kier molecular flexibility index (Phi) is 3.26. The molecule has 0 amide bonds. The van der Waals surface area contributed by atoms with Gasteiger partial charge in [0.1, 0.15) is 5.82 Å². The van der Waals surface area contributed by atoms with Gasteiger partial charge in [-0.1, -0.05) is 0 Å². The molecule has 0 radical (unpaired) electrons. The predicted molar refractivity (Wildman–Crippen MR) is 60.6 cm³/mol. The molecule has 0 fully saturated rings. The summed E-state index contributed by atoms with van der Waals surface area (Å²) in [5.74, 6) is 0.801. The lowest BCUT2D eigenvalue weighted by molar-refractivity contribution is 0.566. The monoisotopic (exact) mass is 217 g/mol. The van der Waals surface area contributed by atoms with E-state index in [0.29, 0.717) is 0 Å². The van der Waals surface area contributed by atoms with Crippen molar-refractivity contribution in [2.45, 2.75) is 26.4 Å². The second-order valence-corrected chi connectivity index (χ2v) is 3.73. The largest absolute Gasteiger partial charge is 0.304 e. The summed E-state index contributed by atoms with van der Waals surface area (Å²) in [5, 5.41) is 10.1. The lowest BCUT2D eigenvalue weighted by Gasteiger charge is -2.11. The van der Waals surface area contributed by atoms with Crippen LogP contribution < -0.4 is 5.32 Å². The molecule has 0 saturated carbocycles. The van der Waals surface area contributed by atoms with Crippen LogP contribution in [0.5, 0.6) is 0 Å². The van der Waals surface area contributed by atoms with E-state index in [1.807, 2.05) is 25.4 Å². The van der Waals surface area contributed by atoms with Gasteiger partial charge in [0.2, 0.25) is 0 Å². The molecule has 16 heavy (non-hydrogen) atoms. The first kappa shape index (κ1) is 10.8. The summed E-state index contributed by atoms with van der Waals surface area (Å²) in [4.78, 5) is 8.39. The van der Waals surface area contributed by atoms with Gasteiger partial charge >= 0.3 is 0 Å². The molecule has 0 aliphatic heterocycles. The number of aromatic nitrogens is 4. The quantitative estimate of drug-likeness (QED) is 0.811. The molecular weight excluding hydrogens is 202 g/mol. The van der Waals surface area contributed by atoms with Gasteiger partial charge in [-0.05, 0) is 19.9 Å². The Morgan fingerprint density at radius 3 is 3.06 bits per heavy atom. The zero-order chi connectivity index (χ0) is 11.4. The van der Waals surface area contributed by atoms with Gasteiger partial charge in [-0.3, -0.25) is 5.10 Å². The van der Waals surface area contributed by atoms with E-state index in [0.717, 1.165) is 23.6 Å². The lowest BCUT2D eigenvalue weighted by Crippen LogP contribution is -2.18. The highest BCUT2D eigenvalue weighted by molar-refractivity contribution is 5.09. The van der Waals surface area contributed by atoms with Gasteiger partial charge in [-0.2, -0.15) is 5.10 Å². The van der Waals surface area contributed by atoms with Crippen LogP contribution in [0.15, 0.2) is 24.7 Å². The number of H-pyrrole nitrogens is 1. The molecular formula is C11H15N5. The third kappa shape index (κ3) is 2.64. The molecule has 2 heterocycles. The third-order valence-corrected chi connectivity index (χ3v) is 2.44. The number of hydrogen-bond donors (Lipinski definition) is 2. The molecule has 1 atom stereocenters. The maximum absolute atomic E-state index is 4.33. The zero-order valence-corrected chi connectivity index (χ0v) is 9.44. The van der Waals surface area contributed by atoms with Crippen molar-refractivity contribution in [1.29, 1.82) is 0 Å². The molecule has 1 unspecified atom stereocenters. The molecule has 0 saturated heterocycles. The van der Waals surface area contributed by atoms with Gasteiger partial charge in [-0.25, -0.2) is 9.97 Å². The van der Waals surface area contributed by atoms with Crippen molar-refractivity contribution in [3.63, 3.8) is 0 Å². The minimum Gasteiger partial charge on any atom is -0.304 e. The molecule has 5 nitrogen and oxygen atoms in total. The molecule has 84 valence electrons. The Balaban J connectivity index is 1.92. The Hall–Kier alpha value is -1.75. The fourth-order valence-electron chi connectivity index (χ4n) is 1.48. The molecule has 0 aromatic carbocycles.